The van der Waals surface area contributed by atoms with Gasteiger partial charge in [-0.2, -0.15) is 0 Å². The molecule has 144 valence electrons. The first kappa shape index (κ1) is 19.3. The lowest BCUT2D eigenvalue weighted by Gasteiger charge is -2.34. The van der Waals surface area contributed by atoms with Gasteiger partial charge in [0, 0.05) is 30.6 Å². The van der Waals surface area contributed by atoms with Crippen molar-refractivity contribution in [2.45, 2.75) is 26.7 Å². The molecule has 3 rings (SSSR count). The molecule has 2 atom stereocenters. The number of carboxylic acids is 1. The number of benzene rings is 1. The number of piperidine rings is 1. The smallest absolute Gasteiger partial charge is 0.323 e. The van der Waals surface area contributed by atoms with E-state index in [0.717, 1.165) is 10.4 Å². The summed E-state index contributed by atoms with van der Waals surface area (Å²) in [4.78, 5) is 30.4. The molecule has 2 amide bonds. The van der Waals surface area contributed by atoms with Crippen LogP contribution in [0.4, 0.5) is 14.3 Å². The van der Waals surface area contributed by atoms with Crippen molar-refractivity contribution in [2.24, 2.45) is 11.8 Å². The van der Waals surface area contributed by atoms with Crippen LogP contribution in [-0.4, -0.2) is 40.1 Å². The molecule has 1 aromatic heterocycles. The summed E-state index contributed by atoms with van der Waals surface area (Å²) in [7, 11) is 0. The molecule has 2 unspecified atom stereocenters. The van der Waals surface area contributed by atoms with E-state index in [1.807, 2.05) is 13.0 Å². The zero-order chi connectivity index (χ0) is 19.6. The molecule has 27 heavy (non-hydrogen) atoms. The van der Waals surface area contributed by atoms with E-state index in [-0.39, 0.29) is 24.3 Å². The second kappa shape index (κ2) is 8.04. The van der Waals surface area contributed by atoms with E-state index in [1.165, 1.54) is 22.3 Å². The van der Waals surface area contributed by atoms with Crippen LogP contribution in [-0.2, 0) is 11.2 Å². The van der Waals surface area contributed by atoms with E-state index < -0.39 is 11.9 Å². The molecule has 1 fully saturated rings. The van der Waals surface area contributed by atoms with Crippen molar-refractivity contribution in [1.82, 2.24) is 9.88 Å². The first-order valence-electron chi connectivity index (χ1n) is 8.80. The highest BCUT2D eigenvalue weighted by Crippen LogP contribution is 2.25. The number of aryl methyl sites for hydroxylation is 1. The number of anilines is 1. The first-order chi connectivity index (χ1) is 12.8. The molecule has 1 aliphatic heterocycles. The minimum atomic E-state index is -0.874. The minimum Gasteiger partial charge on any atom is -0.481 e. The number of aromatic nitrogens is 1. The topological polar surface area (TPSA) is 82.5 Å². The molecule has 2 heterocycles. The maximum Gasteiger partial charge on any atom is 0.323 e. The lowest BCUT2D eigenvalue weighted by atomic mass is 9.91. The van der Waals surface area contributed by atoms with Crippen molar-refractivity contribution >= 4 is 28.5 Å². The third kappa shape index (κ3) is 4.82. The number of hydrogen-bond acceptors (Lipinski definition) is 4. The summed E-state index contributed by atoms with van der Waals surface area (Å²) >= 11 is 1.33. The lowest BCUT2D eigenvalue weighted by Crippen LogP contribution is -2.47. The molecular weight excluding hydrogens is 369 g/mol. The van der Waals surface area contributed by atoms with Crippen LogP contribution < -0.4 is 5.32 Å². The van der Waals surface area contributed by atoms with Crippen molar-refractivity contribution in [2.75, 3.05) is 18.4 Å². The molecule has 2 N–H and O–H groups in total. The summed E-state index contributed by atoms with van der Waals surface area (Å²) in [5, 5.41) is 12.4. The average Bonchev–Trinajstić information content (AvgIpc) is 3.04. The normalized spacial score (nSPS) is 19.7. The van der Waals surface area contributed by atoms with E-state index in [4.69, 9.17) is 0 Å². The van der Waals surface area contributed by atoms with Crippen LogP contribution >= 0.6 is 11.3 Å². The third-order valence-corrected chi connectivity index (χ3v) is 5.59. The van der Waals surface area contributed by atoms with Gasteiger partial charge >= 0.3 is 12.0 Å². The fourth-order valence-electron chi connectivity index (χ4n) is 3.26. The van der Waals surface area contributed by atoms with Crippen LogP contribution in [0.2, 0.25) is 0 Å². The van der Waals surface area contributed by atoms with Crippen molar-refractivity contribution in [1.29, 1.82) is 0 Å². The Morgan fingerprint density at radius 1 is 1.41 bits per heavy atom. The molecule has 0 bridgehead atoms. The second-order valence-electron chi connectivity index (χ2n) is 7.10. The Kier molecular flexibility index (Phi) is 5.74. The van der Waals surface area contributed by atoms with Gasteiger partial charge in [-0.05, 0) is 36.5 Å². The van der Waals surface area contributed by atoms with Crippen LogP contribution in [0.25, 0.3) is 0 Å². The number of amides is 2. The summed E-state index contributed by atoms with van der Waals surface area (Å²) in [6, 6.07) is 4.78. The number of likely N-dealkylation sites (tertiary alicyclic amines) is 1. The van der Waals surface area contributed by atoms with Crippen molar-refractivity contribution in [3.05, 3.63) is 46.2 Å². The van der Waals surface area contributed by atoms with E-state index in [1.54, 1.807) is 19.2 Å². The number of urea groups is 1. The van der Waals surface area contributed by atoms with Crippen LogP contribution in [0, 0.1) is 24.6 Å². The summed E-state index contributed by atoms with van der Waals surface area (Å²) in [6.45, 7) is 4.39. The second-order valence-corrected chi connectivity index (χ2v) is 8.22. The van der Waals surface area contributed by atoms with Crippen molar-refractivity contribution < 1.29 is 19.1 Å². The zero-order valence-corrected chi connectivity index (χ0v) is 16.1. The molecule has 2 aromatic rings. The van der Waals surface area contributed by atoms with E-state index in [2.05, 4.69) is 10.3 Å². The van der Waals surface area contributed by atoms with Gasteiger partial charge in [0.05, 0.1) is 5.92 Å². The van der Waals surface area contributed by atoms with Gasteiger partial charge in [-0.1, -0.05) is 19.1 Å². The number of nitrogens with one attached hydrogen (secondary N) is 1. The first-order valence-corrected chi connectivity index (χ1v) is 9.62. The quantitative estimate of drug-likeness (QED) is 0.831. The Morgan fingerprint density at radius 2 is 2.19 bits per heavy atom. The summed E-state index contributed by atoms with van der Waals surface area (Å²) in [5.74, 6) is -1.52. The number of thiazole rings is 1. The van der Waals surface area contributed by atoms with Gasteiger partial charge in [0.2, 0.25) is 0 Å². The van der Waals surface area contributed by atoms with Crippen molar-refractivity contribution in [3.63, 3.8) is 0 Å². The highest BCUT2D eigenvalue weighted by atomic mass is 32.1. The van der Waals surface area contributed by atoms with Crippen molar-refractivity contribution in [3.8, 4) is 0 Å². The number of aliphatic carboxylic acids is 1. The number of nitrogens with zero attached hydrogens (tertiary/aromatic N) is 2. The predicted molar refractivity (Wildman–Crippen MR) is 102 cm³/mol. The van der Waals surface area contributed by atoms with Gasteiger partial charge in [0.15, 0.2) is 5.13 Å². The van der Waals surface area contributed by atoms with Crippen LogP contribution in [0.5, 0.6) is 0 Å². The Hall–Kier alpha value is -2.48. The molecule has 1 aliphatic rings. The van der Waals surface area contributed by atoms with Gasteiger partial charge in [-0.25, -0.2) is 14.2 Å². The lowest BCUT2D eigenvalue weighted by molar-refractivity contribution is -0.143. The van der Waals surface area contributed by atoms with Gasteiger partial charge in [0.25, 0.3) is 0 Å². The third-order valence-electron chi connectivity index (χ3n) is 4.68. The number of carbonyl (C=O) groups is 2. The summed E-state index contributed by atoms with van der Waals surface area (Å²) in [6.07, 6.45) is 2.77. The van der Waals surface area contributed by atoms with Gasteiger partial charge in [-0.3, -0.25) is 10.1 Å². The number of halogens is 1. The van der Waals surface area contributed by atoms with Gasteiger partial charge in [-0.15, -0.1) is 11.3 Å². The fraction of sp³-hybridized carbons (Fsp3) is 0.421. The van der Waals surface area contributed by atoms with Crippen LogP contribution in [0.1, 0.15) is 29.3 Å². The molecule has 1 saturated heterocycles. The molecule has 0 spiro atoms. The Morgan fingerprint density at radius 3 is 2.89 bits per heavy atom. The Balaban J connectivity index is 1.62. The molecule has 6 nitrogen and oxygen atoms in total. The Bertz CT molecular complexity index is 854. The van der Waals surface area contributed by atoms with Gasteiger partial charge < -0.3 is 10.0 Å². The largest absolute Gasteiger partial charge is 0.481 e. The minimum absolute atomic E-state index is 0.133. The fourth-order valence-corrected chi connectivity index (χ4v) is 4.10. The Labute approximate surface area is 161 Å². The molecule has 1 aromatic carbocycles. The summed E-state index contributed by atoms with van der Waals surface area (Å²) in [5.41, 5.74) is 1.44. The molecule has 0 aliphatic carbocycles. The number of carboxylic acid groups (broad SMARTS) is 1. The van der Waals surface area contributed by atoms with Gasteiger partial charge in [0.1, 0.15) is 5.82 Å². The molecule has 0 radical (unpaired) electrons. The highest BCUT2D eigenvalue weighted by molar-refractivity contribution is 7.15. The highest BCUT2D eigenvalue weighted by Gasteiger charge is 2.32. The average molecular weight is 391 g/mol. The number of hydrogen-bond donors (Lipinski definition) is 2. The number of carbonyl (C=O) groups excluding carboxylic acids is 1. The molecule has 0 saturated carbocycles. The molecule has 8 heteroatoms. The predicted octanol–water partition coefficient (Wildman–Crippen LogP) is 3.76. The van der Waals surface area contributed by atoms with E-state index >= 15 is 0 Å². The SMILES string of the molecule is Cc1ccc(Cc2cnc(NC(=O)N3CC(C)CC(C(=O)O)C3)s2)cc1F. The monoisotopic (exact) mass is 391 g/mol. The molecular formula is C19H22FN3O3S. The van der Waals surface area contributed by atoms with E-state index in [0.29, 0.717) is 30.1 Å². The van der Waals surface area contributed by atoms with Crippen LogP contribution in [0.3, 0.4) is 0 Å². The number of rotatable bonds is 4. The zero-order valence-electron chi connectivity index (χ0n) is 15.2. The summed E-state index contributed by atoms with van der Waals surface area (Å²) < 4.78 is 13.7. The van der Waals surface area contributed by atoms with E-state index in [9.17, 15) is 19.1 Å². The maximum atomic E-state index is 13.7. The standard InChI is InChI=1S/C19H22FN3O3S/c1-11-5-14(17(24)25)10-23(9-11)19(26)22-18-21-8-15(27-18)6-13-4-3-12(2)16(20)7-13/h3-4,7-8,11,14H,5-6,9-10H2,1-2H3,(H,24,25)(H,21,22,26). The van der Waals surface area contributed by atoms with Crippen LogP contribution in [0.15, 0.2) is 24.4 Å². The maximum absolute atomic E-state index is 13.7.